The lowest BCUT2D eigenvalue weighted by Crippen LogP contribution is -3.00. The number of carbonyl (C=O) groups is 2. The lowest BCUT2D eigenvalue weighted by molar-refractivity contribution is -0.131. The molecule has 3 nitrogen and oxygen atoms in total. The van der Waals surface area contributed by atoms with E-state index in [1.54, 1.807) is 12.1 Å². The van der Waals surface area contributed by atoms with Crippen LogP contribution < -0.4 is 17.1 Å². The number of rotatable bonds is 14. The predicted octanol–water partition coefficient (Wildman–Crippen LogP) is 5.47. The fourth-order valence-corrected chi connectivity index (χ4v) is 9.93. The summed E-state index contributed by atoms with van der Waals surface area (Å²) in [7, 11) is -1.00. The number of unbranched alkanes of at least 4 members (excludes halogenated alkanes) is 3. The minimum absolute atomic E-state index is 0. The SMILES string of the molecule is CCCC[P+](CCCC)(CCCC)Cc1ccc(C(=O)Sc2ccc(OC(C)=O)cc2)cc1.[Cl-]. The number of benzene rings is 2. The van der Waals surface area contributed by atoms with E-state index in [0.29, 0.717) is 5.75 Å². The van der Waals surface area contributed by atoms with Crippen LogP contribution in [0.1, 0.15) is 82.1 Å². The van der Waals surface area contributed by atoms with Gasteiger partial charge in [-0.25, -0.2) is 0 Å². The molecule has 0 fully saturated rings. The van der Waals surface area contributed by atoms with E-state index < -0.39 is 7.26 Å². The fourth-order valence-electron chi connectivity index (χ4n) is 4.09. The Bertz CT molecular complexity index is 846. The normalized spacial score (nSPS) is 11.1. The summed E-state index contributed by atoms with van der Waals surface area (Å²) in [5, 5.41) is 0.0331. The van der Waals surface area contributed by atoms with E-state index in [1.165, 1.54) is 87.4 Å². The highest BCUT2D eigenvalue weighted by molar-refractivity contribution is 8.14. The van der Waals surface area contributed by atoms with Gasteiger partial charge in [-0.15, -0.1) is 0 Å². The molecule has 0 amide bonds. The van der Waals surface area contributed by atoms with Crippen molar-refractivity contribution in [2.45, 2.75) is 77.3 Å². The standard InChI is InChI=1S/C28H40O3PS.ClH/c1-5-8-19-32(20-9-6-2,21-10-7-3)22-24-11-13-25(14-12-24)28(30)33-27-17-15-26(16-18-27)31-23(4)29;/h11-18H,5-10,19-22H2,1-4H3;1H/q+1;/p-1. The van der Waals surface area contributed by atoms with Crippen molar-refractivity contribution in [3.8, 4) is 5.75 Å². The number of ether oxygens (including phenoxy) is 1. The Kier molecular flexibility index (Phi) is 14.7. The lowest BCUT2D eigenvalue weighted by atomic mass is 10.2. The van der Waals surface area contributed by atoms with Crippen LogP contribution in [0, 0.1) is 0 Å². The summed E-state index contributed by atoms with van der Waals surface area (Å²) in [4.78, 5) is 24.7. The zero-order chi connectivity index (χ0) is 24.1. The number of carbonyl (C=O) groups excluding carboxylic acids is 2. The van der Waals surface area contributed by atoms with Crippen LogP contribution in [0.2, 0.25) is 0 Å². The molecule has 0 aliphatic rings. The molecule has 0 aromatic heterocycles. The third-order valence-corrected chi connectivity index (χ3v) is 11.7. The van der Waals surface area contributed by atoms with E-state index in [0.717, 1.165) is 10.5 Å². The highest BCUT2D eigenvalue weighted by Gasteiger charge is 2.35. The molecular weight excluding hydrogens is 483 g/mol. The van der Waals surface area contributed by atoms with Crippen LogP contribution in [0.25, 0.3) is 0 Å². The largest absolute Gasteiger partial charge is 1.00 e. The molecule has 2 aromatic carbocycles. The molecule has 6 heteroatoms. The van der Waals surface area contributed by atoms with E-state index >= 15 is 0 Å². The lowest BCUT2D eigenvalue weighted by Gasteiger charge is -2.28. The molecule has 0 unspecified atom stereocenters. The maximum absolute atomic E-state index is 12.8. The van der Waals surface area contributed by atoms with Gasteiger partial charge in [0, 0.05) is 24.6 Å². The zero-order valence-corrected chi connectivity index (χ0v) is 23.6. The molecule has 0 aliphatic heterocycles. The van der Waals surface area contributed by atoms with Gasteiger partial charge in [-0.05, 0) is 60.9 Å². The van der Waals surface area contributed by atoms with Gasteiger partial charge in [0.1, 0.15) is 5.75 Å². The van der Waals surface area contributed by atoms with Crippen LogP contribution in [-0.2, 0) is 11.0 Å². The van der Waals surface area contributed by atoms with Gasteiger partial charge in [0.15, 0.2) is 0 Å². The highest BCUT2D eigenvalue weighted by Crippen LogP contribution is 2.63. The molecule has 0 saturated heterocycles. The van der Waals surface area contributed by atoms with Crippen molar-refractivity contribution < 1.29 is 26.7 Å². The van der Waals surface area contributed by atoms with Crippen molar-refractivity contribution >= 4 is 30.1 Å². The second kappa shape index (κ2) is 16.3. The molecule has 0 radical (unpaired) electrons. The van der Waals surface area contributed by atoms with Crippen LogP contribution in [-0.4, -0.2) is 29.6 Å². The van der Waals surface area contributed by atoms with Crippen LogP contribution in [0.15, 0.2) is 53.4 Å². The fraction of sp³-hybridized carbons (Fsp3) is 0.500. The molecule has 188 valence electrons. The summed E-state index contributed by atoms with van der Waals surface area (Å²) in [6.45, 7) is 8.28. The molecule has 0 N–H and O–H groups in total. The third kappa shape index (κ3) is 10.5. The quantitative estimate of drug-likeness (QED) is 0.143. The average Bonchev–Trinajstić information content (AvgIpc) is 2.81. The van der Waals surface area contributed by atoms with Crippen molar-refractivity contribution in [1.82, 2.24) is 0 Å². The molecule has 0 bridgehead atoms. The van der Waals surface area contributed by atoms with Gasteiger partial charge < -0.3 is 17.1 Å². The predicted molar refractivity (Wildman–Crippen MR) is 144 cm³/mol. The van der Waals surface area contributed by atoms with E-state index in [4.69, 9.17) is 4.74 Å². The van der Waals surface area contributed by atoms with E-state index in [2.05, 4.69) is 32.9 Å². The first kappa shape index (κ1) is 30.7. The Morgan fingerprint density at radius 3 is 1.74 bits per heavy atom. The molecule has 0 aliphatic carbocycles. The summed E-state index contributed by atoms with van der Waals surface area (Å²) in [5.74, 6) is 0.141. The monoisotopic (exact) mass is 522 g/mol. The molecule has 0 atom stereocenters. The highest BCUT2D eigenvalue weighted by atomic mass is 35.5. The molecule has 0 heterocycles. The van der Waals surface area contributed by atoms with Gasteiger partial charge in [0.25, 0.3) is 0 Å². The smallest absolute Gasteiger partial charge is 0.308 e. The van der Waals surface area contributed by atoms with Crippen molar-refractivity contribution in [1.29, 1.82) is 0 Å². The topological polar surface area (TPSA) is 43.4 Å². The van der Waals surface area contributed by atoms with Gasteiger partial charge in [0.05, 0.1) is 24.6 Å². The van der Waals surface area contributed by atoms with Crippen LogP contribution in [0.5, 0.6) is 5.75 Å². The van der Waals surface area contributed by atoms with E-state index in [1.807, 2.05) is 24.3 Å². The average molecular weight is 523 g/mol. The number of esters is 1. The first-order valence-corrected chi connectivity index (χ1v) is 15.7. The van der Waals surface area contributed by atoms with Crippen molar-refractivity contribution in [2.24, 2.45) is 0 Å². The Morgan fingerprint density at radius 1 is 0.794 bits per heavy atom. The second-order valence-corrected chi connectivity index (χ2v) is 14.3. The van der Waals surface area contributed by atoms with E-state index in [-0.39, 0.29) is 23.5 Å². The zero-order valence-electron chi connectivity index (χ0n) is 21.1. The Hall–Kier alpha value is -1.35. The van der Waals surface area contributed by atoms with Gasteiger partial charge >= 0.3 is 5.97 Å². The molecule has 2 rings (SSSR count). The Balaban J connectivity index is 0.00000578. The number of thioether (sulfide) groups is 1. The summed E-state index contributed by atoms with van der Waals surface area (Å²) >= 11 is 1.20. The Labute approximate surface area is 217 Å². The maximum atomic E-state index is 12.8. The van der Waals surface area contributed by atoms with Crippen molar-refractivity contribution in [2.75, 3.05) is 18.5 Å². The first-order chi connectivity index (χ1) is 15.9. The molecule has 0 saturated carbocycles. The van der Waals surface area contributed by atoms with Crippen molar-refractivity contribution in [3.63, 3.8) is 0 Å². The van der Waals surface area contributed by atoms with Gasteiger partial charge in [-0.3, -0.25) is 9.59 Å². The summed E-state index contributed by atoms with van der Waals surface area (Å²) < 4.78 is 5.05. The maximum Gasteiger partial charge on any atom is 0.308 e. The first-order valence-electron chi connectivity index (χ1n) is 12.4. The van der Waals surface area contributed by atoms with Gasteiger partial charge in [0.2, 0.25) is 5.12 Å². The number of halogens is 1. The second-order valence-electron chi connectivity index (χ2n) is 8.88. The van der Waals surface area contributed by atoms with Crippen LogP contribution in [0.4, 0.5) is 0 Å². The van der Waals surface area contributed by atoms with E-state index in [9.17, 15) is 9.59 Å². The Morgan fingerprint density at radius 2 is 1.29 bits per heavy atom. The summed E-state index contributed by atoms with van der Waals surface area (Å²) in [6, 6.07) is 15.4. The molecular formula is C28H40ClO3PS. The summed E-state index contributed by atoms with van der Waals surface area (Å²) in [6.07, 6.45) is 13.3. The van der Waals surface area contributed by atoms with Crippen LogP contribution >= 0.6 is 19.0 Å². The van der Waals surface area contributed by atoms with Crippen molar-refractivity contribution in [3.05, 3.63) is 59.7 Å². The minimum atomic E-state index is -1.00. The number of hydrogen-bond acceptors (Lipinski definition) is 4. The molecule has 34 heavy (non-hydrogen) atoms. The number of hydrogen-bond donors (Lipinski definition) is 0. The molecule has 2 aromatic rings. The van der Waals surface area contributed by atoms with Crippen LogP contribution in [0.3, 0.4) is 0 Å². The summed E-state index contributed by atoms with van der Waals surface area (Å²) in [5.41, 5.74) is 2.12. The molecule has 0 spiro atoms. The third-order valence-electron chi connectivity index (χ3n) is 5.96. The minimum Gasteiger partial charge on any atom is -1.00 e. The van der Waals surface area contributed by atoms with Gasteiger partial charge in [-0.1, -0.05) is 64.3 Å². The van der Waals surface area contributed by atoms with Gasteiger partial charge in [-0.2, -0.15) is 0 Å².